The van der Waals surface area contributed by atoms with E-state index in [0.29, 0.717) is 11.1 Å². The van der Waals surface area contributed by atoms with Gasteiger partial charge in [-0.2, -0.15) is 18.2 Å². The van der Waals surface area contributed by atoms with Gasteiger partial charge in [-0.25, -0.2) is 0 Å². The minimum Gasteiger partial charge on any atom is -0.481 e. The van der Waals surface area contributed by atoms with E-state index in [1.54, 1.807) is 6.07 Å². The molecule has 2 aromatic rings. The standard InChI is InChI=1S/C15H15F3N2O3/c1-7-3-8(2)12-11(4-7)19-14(23-12)20-5-9(13(21)22)10(6-20)15(16,17)18/h3-4,9-10H,5-6H2,1-2H3,(H,21,22)/t9-,10-/m1/s1. The number of carbonyl (C=O) groups is 1. The number of carboxylic acid groups (broad SMARTS) is 1. The summed E-state index contributed by atoms with van der Waals surface area (Å²) in [5.74, 6) is -4.91. The van der Waals surface area contributed by atoms with Crippen molar-refractivity contribution in [3.05, 3.63) is 23.3 Å². The van der Waals surface area contributed by atoms with Gasteiger partial charge in [0.05, 0.1) is 11.8 Å². The quantitative estimate of drug-likeness (QED) is 0.917. The number of hydrogen-bond acceptors (Lipinski definition) is 4. The van der Waals surface area contributed by atoms with Crippen LogP contribution in [-0.2, 0) is 4.79 Å². The van der Waals surface area contributed by atoms with Crippen LogP contribution < -0.4 is 4.90 Å². The van der Waals surface area contributed by atoms with E-state index in [1.165, 1.54) is 4.90 Å². The highest BCUT2D eigenvalue weighted by Gasteiger charge is 2.53. The number of fused-ring (bicyclic) bond motifs is 1. The molecule has 8 heteroatoms. The Morgan fingerprint density at radius 3 is 2.61 bits per heavy atom. The van der Waals surface area contributed by atoms with E-state index >= 15 is 0 Å². The molecule has 1 saturated heterocycles. The fraction of sp³-hybridized carbons (Fsp3) is 0.467. The molecule has 1 aliphatic heterocycles. The van der Waals surface area contributed by atoms with E-state index in [9.17, 15) is 18.0 Å². The van der Waals surface area contributed by atoms with Crippen LogP contribution in [0.5, 0.6) is 0 Å². The van der Waals surface area contributed by atoms with Gasteiger partial charge in [-0.15, -0.1) is 0 Å². The molecule has 5 nitrogen and oxygen atoms in total. The number of aryl methyl sites for hydroxylation is 2. The maximum Gasteiger partial charge on any atom is 0.394 e. The highest BCUT2D eigenvalue weighted by molar-refractivity contribution is 5.79. The lowest BCUT2D eigenvalue weighted by Gasteiger charge is -2.17. The van der Waals surface area contributed by atoms with E-state index in [0.717, 1.165) is 11.1 Å². The summed E-state index contributed by atoms with van der Waals surface area (Å²) in [5, 5.41) is 9.05. The van der Waals surface area contributed by atoms with Crippen molar-refractivity contribution in [2.75, 3.05) is 18.0 Å². The zero-order valence-corrected chi connectivity index (χ0v) is 12.5. The number of hydrogen-bond donors (Lipinski definition) is 1. The number of oxazole rings is 1. The Morgan fingerprint density at radius 1 is 1.35 bits per heavy atom. The number of halogens is 3. The zero-order valence-electron chi connectivity index (χ0n) is 12.5. The average Bonchev–Trinajstić information content (AvgIpc) is 3.00. The van der Waals surface area contributed by atoms with Gasteiger partial charge in [0.1, 0.15) is 5.52 Å². The second kappa shape index (κ2) is 5.14. The van der Waals surface area contributed by atoms with Gasteiger partial charge in [0.2, 0.25) is 0 Å². The zero-order chi connectivity index (χ0) is 16.9. The summed E-state index contributed by atoms with van der Waals surface area (Å²) in [6.45, 7) is 2.97. The molecule has 0 unspecified atom stereocenters. The molecule has 0 bridgehead atoms. The van der Waals surface area contributed by atoms with Crippen molar-refractivity contribution in [3.8, 4) is 0 Å². The maximum atomic E-state index is 13.0. The van der Waals surface area contributed by atoms with Crippen molar-refractivity contribution in [3.63, 3.8) is 0 Å². The van der Waals surface area contributed by atoms with Crippen LogP contribution in [0.1, 0.15) is 11.1 Å². The van der Waals surface area contributed by atoms with Crippen molar-refractivity contribution in [1.29, 1.82) is 0 Å². The first-order valence-corrected chi connectivity index (χ1v) is 7.09. The average molecular weight is 328 g/mol. The summed E-state index contributed by atoms with van der Waals surface area (Å²) in [5.41, 5.74) is 2.86. The molecule has 1 N–H and O–H groups in total. The normalized spacial score (nSPS) is 22.0. The first-order valence-electron chi connectivity index (χ1n) is 7.09. The third kappa shape index (κ3) is 2.73. The van der Waals surface area contributed by atoms with Crippen LogP contribution in [-0.4, -0.2) is 35.3 Å². The highest BCUT2D eigenvalue weighted by Crippen LogP contribution is 2.40. The molecule has 0 radical (unpaired) electrons. The van der Waals surface area contributed by atoms with Crippen LogP contribution in [0.3, 0.4) is 0 Å². The number of anilines is 1. The Labute approximate surface area is 129 Å². The van der Waals surface area contributed by atoms with E-state index in [4.69, 9.17) is 9.52 Å². The van der Waals surface area contributed by atoms with Gasteiger partial charge in [0.15, 0.2) is 5.58 Å². The molecule has 23 heavy (non-hydrogen) atoms. The van der Waals surface area contributed by atoms with Crippen LogP contribution in [0.2, 0.25) is 0 Å². The SMILES string of the molecule is Cc1cc(C)c2oc(N3C[C@@H](C(F)(F)F)[C@H](C(=O)O)C3)nc2c1. The Balaban J connectivity index is 1.96. The molecular weight excluding hydrogens is 313 g/mol. The summed E-state index contributed by atoms with van der Waals surface area (Å²) in [7, 11) is 0. The minimum absolute atomic E-state index is 0.0340. The van der Waals surface area contributed by atoms with Crippen LogP contribution in [0.4, 0.5) is 19.2 Å². The lowest BCUT2D eigenvalue weighted by atomic mass is 9.96. The van der Waals surface area contributed by atoms with Crippen LogP contribution in [0.15, 0.2) is 16.5 Å². The third-order valence-corrected chi connectivity index (χ3v) is 4.14. The van der Waals surface area contributed by atoms with Gasteiger partial charge in [-0.3, -0.25) is 4.79 Å². The number of carboxylic acids is 1. The van der Waals surface area contributed by atoms with Crippen LogP contribution in [0, 0.1) is 25.7 Å². The van der Waals surface area contributed by atoms with Gasteiger partial charge in [-0.05, 0) is 31.0 Å². The van der Waals surface area contributed by atoms with Crippen LogP contribution in [0.25, 0.3) is 11.1 Å². The largest absolute Gasteiger partial charge is 0.481 e. The Bertz CT molecular complexity index is 769. The minimum atomic E-state index is -4.57. The number of benzene rings is 1. The summed E-state index contributed by atoms with van der Waals surface area (Å²) in [4.78, 5) is 16.6. The summed E-state index contributed by atoms with van der Waals surface area (Å²) in [6, 6.07) is 3.70. The summed E-state index contributed by atoms with van der Waals surface area (Å²) < 4.78 is 44.7. The lowest BCUT2D eigenvalue weighted by molar-refractivity contribution is -0.187. The first kappa shape index (κ1) is 15.6. The molecule has 0 spiro atoms. The number of alkyl halides is 3. The highest BCUT2D eigenvalue weighted by atomic mass is 19.4. The molecule has 0 amide bonds. The fourth-order valence-electron chi connectivity index (χ4n) is 3.04. The van der Waals surface area contributed by atoms with E-state index < -0.39 is 30.5 Å². The van der Waals surface area contributed by atoms with Crippen molar-refractivity contribution in [2.24, 2.45) is 11.8 Å². The van der Waals surface area contributed by atoms with Crippen molar-refractivity contribution in [1.82, 2.24) is 4.98 Å². The topological polar surface area (TPSA) is 66.6 Å². The van der Waals surface area contributed by atoms with Gasteiger partial charge in [0.25, 0.3) is 6.01 Å². The Morgan fingerprint density at radius 2 is 2.04 bits per heavy atom. The second-order valence-electron chi connectivity index (χ2n) is 5.92. The molecule has 3 rings (SSSR count). The first-order chi connectivity index (χ1) is 10.7. The van der Waals surface area contributed by atoms with E-state index in [2.05, 4.69) is 4.98 Å². The number of rotatable bonds is 2. The van der Waals surface area contributed by atoms with Crippen molar-refractivity contribution in [2.45, 2.75) is 20.0 Å². The predicted octanol–water partition coefficient (Wildman–Crippen LogP) is 3.14. The van der Waals surface area contributed by atoms with Gasteiger partial charge in [0, 0.05) is 13.1 Å². The lowest BCUT2D eigenvalue weighted by Crippen LogP contribution is -2.33. The Hall–Kier alpha value is -2.25. The monoisotopic (exact) mass is 328 g/mol. The molecule has 1 fully saturated rings. The molecule has 1 aromatic carbocycles. The van der Waals surface area contributed by atoms with Gasteiger partial charge in [-0.1, -0.05) is 6.07 Å². The van der Waals surface area contributed by atoms with Gasteiger partial charge >= 0.3 is 12.1 Å². The second-order valence-corrected chi connectivity index (χ2v) is 5.92. The van der Waals surface area contributed by atoms with Gasteiger partial charge < -0.3 is 14.4 Å². The molecule has 1 aromatic heterocycles. The molecule has 0 saturated carbocycles. The Kier molecular flexibility index (Phi) is 3.50. The molecular formula is C15H15F3N2O3. The van der Waals surface area contributed by atoms with Crippen LogP contribution >= 0.6 is 0 Å². The molecule has 2 heterocycles. The van der Waals surface area contributed by atoms with E-state index in [1.807, 2.05) is 19.9 Å². The smallest absolute Gasteiger partial charge is 0.394 e. The molecule has 0 aliphatic carbocycles. The summed E-state index contributed by atoms with van der Waals surface area (Å²) >= 11 is 0. The third-order valence-electron chi connectivity index (χ3n) is 4.14. The maximum absolute atomic E-state index is 13.0. The molecule has 2 atom stereocenters. The predicted molar refractivity (Wildman–Crippen MR) is 76.4 cm³/mol. The molecule has 1 aliphatic rings. The number of nitrogens with zero attached hydrogens (tertiary/aromatic N) is 2. The summed E-state index contributed by atoms with van der Waals surface area (Å²) in [6.07, 6.45) is -4.57. The van der Waals surface area contributed by atoms with E-state index in [-0.39, 0.29) is 12.6 Å². The number of aromatic nitrogens is 1. The number of aliphatic carboxylic acids is 1. The van der Waals surface area contributed by atoms with Crippen molar-refractivity contribution < 1.29 is 27.5 Å². The van der Waals surface area contributed by atoms with Crippen molar-refractivity contribution >= 4 is 23.1 Å². The molecule has 124 valence electrons. The fourth-order valence-corrected chi connectivity index (χ4v) is 3.04.